The number of rotatable bonds is 3. The van der Waals surface area contributed by atoms with Crippen LogP contribution in [0.25, 0.3) is 33.9 Å². The van der Waals surface area contributed by atoms with Crippen molar-refractivity contribution in [2.24, 2.45) is 0 Å². The molecule has 0 atom stereocenters. The number of aromatic nitrogens is 4. The van der Waals surface area contributed by atoms with Gasteiger partial charge in [-0.1, -0.05) is 102 Å². The monoisotopic (exact) mass is 914 g/mol. The Balaban J connectivity index is 0.000000254. The van der Waals surface area contributed by atoms with Gasteiger partial charge in [0.25, 0.3) is 0 Å². The van der Waals surface area contributed by atoms with Crippen LogP contribution in [0.3, 0.4) is 0 Å². The topological polar surface area (TPSA) is 51.6 Å². The van der Waals surface area contributed by atoms with Crippen LogP contribution in [-0.2, 0) is 30.9 Å². The fraction of sp³-hybridized carbons (Fsp3) is 0.200. The first kappa shape index (κ1) is 43.9. The van der Waals surface area contributed by atoms with E-state index in [-0.39, 0.29) is 30.9 Å². The fourth-order valence-corrected chi connectivity index (χ4v) is 4.22. The molecule has 0 amide bonds. The number of nitrogens with zero attached hydrogens (tertiary/aromatic N) is 4. The summed E-state index contributed by atoms with van der Waals surface area (Å²) in [5.41, 5.74) is 8.73. The first-order valence-corrected chi connectivity index (χ1v) is 17.9. The Morgan fingerprint density at radius 1 is 0.442 bits per heavy atom. The van der Waals surface area contributed by atoms with Crippen molar-refractivity contribution < 1.29 is 45.3 Å². The SMILES string of the molecule is CC(C)(C)c1ccnc(-c2cc(C(C)(C)C)ccn2)c1.F[P-](F)(F)(F)(F)F.[Ir].[c]1ccccc1-c1ccccn1.[c]1ccccc1-c1ccccn1. The molecule has 0 aliphatic heterocycles. The van der Waals surface area contributed by atoms with E-state index in [1.165, 1.54) is 11.1 Å². The first-order valence-electron chi connectivity index (χ1n) is 15.8. The van der Waals surface area contributed by atoms with Gasteiger partial charge in [0.15, 0.2) is 0 Å². The average molecular weight is 914 g/mol. The van der Waals surface area contributed by atoms with E-state index < -0.39 is 7.81 Å². The summed E-state index contributed by atoms with van der Waals surface area (Å²) in [6, 6.07) is 42.1. The van der Waals surface area contributed by atoms with E-state index in [9.17, 15) is 25.2 Å². The van der Waals surface area contributed by atoms with Gasteiger partial charge in [-0.15, -0.1) is 0 Å². The Morgan fingerprint density at radius 3 is 1.04 bits per heavy atom. The minimum absolute atomic E-state index is 0. The molecule has 3 radical (unpaired) electrons. The van der Waals surface area contributed by atoms with Crippen LogP contribution in [0.1, 0.15) is 52.7 Å². The molecular formula is C40H40F6IrN4P-. The molecule has 0 fully saturated rings. The molecular weight excluding hydrogens is 874 g/mol. The molecule has 6 rings (SSSR count). The quantitative estimate of drug-likeness (QED) is 0.131. The summed E-state index contributed by atoms with van der Waals surface area (Å²) >= 11 is 0. The van der Waals surface area contributed by atoms with E-state index in [4.69, 9.17) is 0 Å². The Kier molecular flexibility index (Phi) is 14.7. The molecule has 4 heterocycles. The summed E-state index contributed by atoms with van der Waals surface area (Å²) in [7, 11) is -10.7. The molecule has 0 N–H and O–H groups in total. The molecule has 0 aliphatic rings. The van der Waals surface area contributed by atoms with Crippen LogP contribution in [0.5, 0.6) is 0 Å². The molecule has 0 saturated carbocycles. The van der Waals surface area contributed by atoms with Gasteiger partial charge in [0.2, 0.25) is 0 Å². The van der Waals surface area contributed by atoms with Crippen LogP contribution in [0.2, 0.25) is 0 Å². The zero-order chi connectivity index (χ0) is 37.8. The van der Waals surface area contributed by atoms with E-state index >= 15 is 0 Å². The van der Waals surface area contributed by atoms with Gasteiger partial charge in [-0.05, 0) is 82.6 Å². The third kappa shape index (κ3) is 17.8. The summed E-state index contributed by atoms with van der Waals surface area (Å²) in [5, 5.41) is 0. The second-order valence-corrected chi connectivity index (χ2v) is 15.2. The molecule has 0 bridgehead atoms. The van der Waals surface area contributed by atoms with E-state index in [1.54, 1.807) is 12.4 Å². The largest absolute Gasteiger partial charge is 0.256 e. The fourth-order valence-electron chi connectivity index (χ4n) is 4.22. The number of pyridine rings is 4. The molecule has 52 heavy (non-hydrogen) atoms. The number of halogens is 6. The van der Waals surface area contributed by atoms with Gasteiger partial charge < -0.3 is 0 Å². The van der Waals surface area contributed by atoms with Crippen molar-refractivity contribution in [1.82, 2.24) is 19.9 Å². The third-order valence-corrected chi connectivity index (χ3v) is 6.81. The van der Waals surface area contributed by atoms with Gasteiger partial charge in [-0.25, -0.2) is 0 Å². The van der Waals surface area contributed by atoms with Gasteiger partial charge in [0.05, 0.1) is 22.8 Å². The molecule has 6 aromatic rings. The van der Waals surface area contributed by atoms with Crippen LogP contribution >= 0.6 is 7.81 Å². The maximum atomic E-state index is 9.87. The van der Waals surface area contributed by atoms with Crippen molar-refractivity contribution in [2.45, 2.75) is 52.4 Å². The predicted octanol–water partition coefficient (Wildman–Crippen LogP) is 13.2. The van der Waals surface area contributed by atoms with Gasteiger partial charge in [-0.3, -0.25) is 19.9 Å². The second-order valence-electron chi connectivity index (χ2n) is 13.3. The van der Waals surface area contributed by atoms with Crippen molar-refractivity contribution in [2.75, 3.05) is 0 Å². The minimum atomic E-state index is -10.7. The van der Waals surface area contributed by atoms with Crippen molar-refractivity contribution >= 4 is 7.81 Å². The van der Waals surface area contributed by atoms with E-state index in [1.807, 2.05) is 97.3 Å². The van der Waals surface area contributed by atoms with Crippen LogP contribution in [0.15, 0.2) is 134 Å². The zero-order valence-electron chi connectivity index (χ0n) is 29.5. The summed E-state index contributed by atoms with van der Waals surface area (Å²) in [4.78, 5) is 17.4. The molecule has 0 spiro atoms. The van der Waals surface area contributed by atoms with Crippen molar-refractivity contribution in [3.63, 3.8) is 0 Å². The smallest absolute Gasteiger partial charge is 0.0708 e. The Morgan fingerprint density at radius 2 is 0.769 bits per heavy atom. The van der Waals surface area contributed by atoms with Crippen molar-refractivity contribution in [3.8, 4) is 33.9 Å². The molecule has 0 saturated heterocycles. The van der Waals surface area contributed by atoms with Gasteiger partial charge >= 0.3 is 33.0 Å². The standard InChI is InChI=1S/C18H24N2.2C11H8N.F6P.Ir/c1-17(2,3)13-7-9-19-15(11-13)16-12-14(8-10-20-16)18(4,5)6;2*1-2-6-10(7-3-1)11-8-4-5-9-12-11;1-7(2,3,4,5)6;/h7-12H,1-6H3;2*1-6,8-9H;;/q;;;-1;. The molecule has 0 unspecified atom stereocenters. The number of hydrogen-bond acceptors (Lipinski definition) is 4. The minimum Gasteiger partial charge on any atom is -0.256 e. The first-order chi connectivity index (χ1) is 23.6. The Bertz CT molecular complexity index is 1720. The molecule has 4 aromatic heterocycles. The molecule has 4 nitrogen and oxygen atoms in total. The summed E-state index contributed by atoms with van der Waals surface area (Å²) < 4.78 is 59.2. The van der Waals surface area contributed by atoms with Crippen molar-refractivity contribution in [1.29, 1.82) is 0 Å². The normalized spacial score (nSPS) is 12.4. The zero-order valence-corrected chi connectivity index (χ0v) is 32.8. The van der Waals surface area contributed by atoms with Crippen molar-refractivity contribution in [3.05, 3.63) is 157 Å². The average Bonchev–Trinajstić information content (AvgIpc) is 3.08. The predicted molar refractivity (Wildman–Crippen MR) is 195 cm³/mol. The number of hydrogen-bond donors (Lipinski definition) is 0. The van der Waals surface area contributed by atoms with E-state index in [0.29, 0.717) is 0 Å². The Hall–Kier alpha value is -4.30. The second kappa shape index (κ2) is 17.5. The van der Waals surface area contributed by atoms with Crippen LogP contribution in [-0.4, -0.2) is 19.9 Å². The summed E-state index contributed by atoms with van der Waals surface area (Å²) in [6.45, 7) is 13.3. The van der Waals surface area contributed by atoms with Gasteiger partial charge in [0, 0.05) is 56.0 Å². The summed E-state index contributed by atoms with van der Waals surface area (Å²) in [6.07, 6.45) is 7.33. The third-order valence-electron chi connectivity index (χ3n) is 6.81. The maximum Gasteiger partial charge on any atom is 0.0708 e. The van der Waals surface area contributed by atoms with Crippen LogP contribution in [0.4, 0.5) is 25.2 Å². The molecule has 12 heteroatoms. The van der Waals surface area contributed by atoms with Gasteiger partial charge in [0.1, 0.15) is 0 Å². The summed E-state index contributed by atoms with van der Waals surface area (Å²) in [5.74, 6) is 0. The molecule has 277 valence electrons. The van der Waals surface area contributed by atoms with Gasteiger partial charge in [-0.2, -0.15) is 0 Å². The maximum absolute atomic E-state index is 10.7. The Labute approximate surface area is 315 Å². The van der Waals surface area contributed by atoms with Crippen LogP contribution in [0, 0.1) is 12.1 Å². The van der Waals surface area contributed by atoms with E-state index in [0.717, 1.165) is 33.9 Å². The molecule has 2 aromatic carbocycles. The van der Waals surface area contributed by atoms with Crippen LogP contribution < -0.4 is 0 Å². The number of benzene rings is 2. The molecule has 0 aliphatic carbocycles. The van der Waals surface area contributed by atoms with E-state index in [2.05, 4.69) is 97.9 Å².